The lowest BCUT2D eigenvalue weighted by atomic mass is 10.1. The van der Waals surface area contributed by atoms with E-state index in [0.717, 1.165) is 22.0 Å². The molecule has 170 valence electrons. The predicted octanol–water partition coefficient (Wildman–Crippen LogP) is 4.06. The number of imidazole rings is 1. The summed E-state index contributed by atoms with van der Waals surface area (Å²) in [5, 5.41) is 6.54. The predicted molar refractivity (Wildman–Crippen MR) is 131 cm³/mol. The molecule has 0 atom stereocenters. The lowest BCUT2D eigenvalue weighted by Gasteiger charge is -2.08. The number of rotatable bonds is 5. The Labute approximate surface area is 194 Å². The van der Waals surface area contributed by atoms with Crippen LogP contribution in [-0.2, 0) is 25.3 Å². The lowest BCUT2D eigenvalue weighted by molar-refractivity contribution is -0.115. The molecule has 2 N–H and O–H groups in total. The number of nitrogens with one attached hydrogen (secondary N) is 2. The Kier molecular flexibility index (Phi) is 5.25. The second kappa shape index (κ2) is 8.40. The van der Waals surface area contributed by atoms with Gasteiger partial charge in [-0.15, -0.1) is 0 Å². The minimum Gasteiger partial charge on any atom is -0.451 e. The molecular weight excluding hydrogens is 432 g/mol. The van der Waals surface area contributed by atoms with Gasteiger partial charge in [0, 0.05) is 30.9 Å². The van der Waals surface area contributed by atoms with Crippen molar-refractivity contribution in [3.8, 4) is 0 Å². The molecule has 8 heteroatoms. The second-order valence-electron chi connectivity index (χ2n) is 8.13. The Morgan fingerprint density at radius 2 is 1.53 bits per heavy atom. The zero-order valence-corrected chi connectivity index (χ0v) is 18.7. The topological polar surface area (TPSA) is 98.3 Å². The molecule has 0 aliphatic heterocycles. The summed E-state index contributed by atoms with van der Waals surface area (Å²) in [6, 6.07) is 21.6. The molecule has 0 aliphatic rings. The van der Waals surface area contributed by atoms with Crippen LogP contribution in [0.25, 0.3) is 22.0 Å². The van der Waals surface area contributed by atoms with Crippen LogP contribution in [0.15, 0.2) is 82.0 Å². The van der Waals surface area contributed by atoms with E-state index in [1.165, 1.54) is 0 Å². The van der Waals surface area contributed by atoms with Gasteiger partial charge in [0.2, 0.25) is 5.91 Å². The van der Waals surface area contributed by atoms with Crippen LogP contribution in [0.1, 0.15) is 16.1 Å². The second-order valence-corrected chi connectivity index (χ2v) is 8.13. The summed E-state index contributed by atoms with van der Waals surface area (Å²) in [4.78, 5) is 37.1. The third-order valence-corrected chi connectivity index (χ3v) is 5.78. The molecule has 8 nitrogen and oxygen atoms in total. The molecule has 0 unspecified atom stereocenters. The molecule has 3 aromatic carbocycles. The Bertz CT molecular complexity index is 1570. The van der Waals surface area contributed by atoms with E-state index in [1.54, 1.807) is 65.7 Å². The maximum Gasteiger partial charge on any atom is 0.328 e. The van der Waals surface area contributed by atoms with Gasteiger partial charge in [-0.3, -0.25) is 18.7 Å². The lowest BCUT2D eigenvalue weighted by Crippen LogP contribution is -2.19. The van der Waals surface area contributed by atoms with Gasteiger partial charge in [0.05, 0.1) is 17.5 Å². The van der Waals surface area contributed by atoms with Crippen molar-refractivity contribution in [2.24, 2.45) is 14.1 Å². The molecule has 2 aromatic heterocycles. The number of hydrogen-bond acceptors (Lipinski definition) is 4. The molecule has 34 heavy (non-hydrogen) atoms. The van der Waals surface area contributed by atoms with Gasteiger partial charge in [-0.25, -0.2) is 4.79 Å². The van der Waals surface area contributed by atoms with E-state index in [-0.39, 0.29) is 29.7 Å². The van der Waals surface area contributed by atoms with Crippen LogP contribution < -0.4 is 16.3 Å². The first-order valence-electron chi connectivity index (χ1n) is 10.7. The molecule has 5 rings (SSSR count). The van der Waals surface area contributed by atoms with Crippen molar-refractivity contribution >= 4 is 45.2 Å². The first-order chi connectivity index (χ1) is 16.4. The number of amides is 2. The molecule has 0 aliphatic carbocycles. The molecule has 0 saturated heterocycles. The van der Waals surface area contributed by atoms with Gasteiger partial charge in [0.1, 0.15) is 5.58 Å². The third-order valence-electron chi connectivity index (χ3n) is 5.78. The SMILES string of the molecule is Cn1c(=O)n(C)c2cc(NC(=O)Cc3ccc(NC(=O)c4cc5ccccc5o4)cc3)ccc21. The van der Waals surface area contributed by atoms with E-state index in [1.807, 2.05) is 30.3 Å². The van der Waals surface area contributed by atoms with Crippen molar-refractivity contribution in [2.75, 3.05) is 10.6 Å². The summed E-state index contributed by atoms with van der Waals surface area (Å²) in [6.07, 6.45) is 0.170. The largest absolute Gasteiger partial charge is 0.451 e. The number of nitrogens with zero attached hydrogens (tertiary/aromatic N) is 2. The first kappa shape index (κ1) is 21.3. The van der Waals surface area contributed by atoms with Crippen molar-refractivity contribution in [3.05, 3.63) is 94.6 Å². The monoisotopic (exact) mass is 454 g/mol. The maximum atomic E-state index is 12.5. The van der Waals surface area contributed by atoms with Crippen LogP contribution in [0.5, 0.6) is 0 Å². The highest BCUT2D eigenvalue weighted by Gasteiger charge is 2.13. The van der Waals surface area contributed by atoms with Crippen molar-refractivity contribution in [3.63, 3.8) is 0 Å². The van der Waals surface area contributed by atoms with Crippen LogP contribution in [0, 0.1) is 0 Å². The molecule has 0 fully saturated rings. The minimum absolute atomic E-state index is 0.119. The number of aromatic nitrogens is 2. The third kappa shape index (κ3) is 3.97. The van der Waals surface area contributed by atoms with Crippen molar-refractivity contribution in [2.45, 2.75) is 6.42 Å². The highest BCUT2D eigenvalue weighted by Crippen LogP contribution is 2.21. The number of carbonyl (C=O) groups is 2. The summed E-state index contributed by atoms with van der Waals surface area (Å²) in [7, 11) is 3.41. The number of anilines is 2. The van der Waals surface area contributed by atoms with Crippen LogP contribution in [0.3, 0.4) is 0 Å². The Hall–Kier alpha value is -4.59. The minimum atomic E-state index is -0.340. The molecule has 2 heterocycles. The Morgan fingerprint density at radius 1 is 0.824 bits per heavy atom. The standard InChI is InChI=1S/C26H22N4O4/c1-29-20-12-11-19(15-21(20)30(2)26(29)33)27-24(31)13-16-7-9-18(10-8-16)28-25(32)23-14-17-5-3-4-6-22(17)34-23/h3-12,14-15H,13H2,1-2H3,(H,27,31)(H,28,32). The normalized spacial score (nSPS) is 11.1. The number of aryl methyl sites for hydroxylation is 2. The van der Waals surface area contributed by atoms with Gasteiger partial charge in [0.15, 0.2) is 5.76 Å². The zero-order chi connectivity index (χ0) is 23.8. The number of carbonyl (C=O) groups excluding carboxylic acids is 2. The van der Waals surface area contributed by atoms with Crippen LogP contribution in [0.4, 0.5) is 11.4 Å². The highest BCUT2D eigenvalue weighted by molar-refractivity contribution is 6.04. The number of fused-ring (bicyclic) bond motifs is 2. The highest BCUT2D eigenvalue weighted by atomic mass is 16.3. The average Bonchev–Trinajstić information content (AvgIpc) is 3.36. The fourth-order valence-electron chi connectivity index (χ4n) is 3.97. The molecule has 0 saturated carbocycles. The van der Waals surface area contributed by atoms with Crippen molar-refractivity contribution in [1.82, 2.24) is 9.13 Å². The molecule has 5 aromatic rings. The fraction of sp³-hybridized carbons (Fsp3) is 0.115. The van der Waals surface area contributed by atoms with E-state index < -0.39 is 0 Å². The number of hydrogen-bond donors (Lipinski definition) is 2. The molecule has 0 radical (unpaired) electrons. The number of para-hydroxylation sites is 1. The molecule has 0 spiro atoms. The van der Waals surface area contributed by atoms with Gasteiger partial charge in [-0.05, 0) is 48.0 Å². The van der Waals surface area contributed by atoms with E-state index in [2.05, 4.69) is 10.6 Å². The number of benzene rings is 3. The quantitative estimate of drug-likeness (QED) is 0.418. The Morgan fingerprint density at radius 3 is 2.29 bits per heavy atom. The summed E-state index contributed by atoms with van der Waals surface area (Å²) in [5.74, 6) is -0.288. The zero-order valence-electron chi connectivity index (χ0n) is 18.7. The average molecular weight is 454 g/mol. The van der Waals surface area contributed by atoms with E-state index in [0.29, 0.717) is 17.0 Å². The summed E-state index contributed by atoms with van der Waals surface area (Å²) < 4.78 is 8.70. The van der Waals surface area contributed by atoms with E-state index in [4.69, 9.17) is 4.42 Å². The summed E-state index contributed by atoms with van der Waals surface area (Å²) >= 11 is 0. The summed E-state index contributed by atoms with van der Waals surface area (Å²) in [6.45, 7) is 0. The smallest absolute Gasteiger partial charge is 0.328 e. The number of furan rings is 1. The van der Waals surface area contributed by atoms with Gasteiger partial charge >= 0.3 is 5.69 Å². The first-order valence-corrected chi connectivity index (χ1v) is 10.7. The van der Waals surface area contributed by atoms with Gasteiger partial charge in [0.25, 0.3) is 5.91 Å². The maximum absolute atomic E-state index is 12.5. The Balaban J connectivity index is 1.23. The van der Waals surface area contributed by atoms with Gasteiger partial charge < -0.3 is 15.1 Å². The van der Waals surface area contributed by atoms with Crippen LogP contribution in [0.2, 0.25) is 0 Å². The molecule has 2 amide bonds. The molecular formula is C26H22N4O4. The molecule has 0 bridgehead atoms. The fourth-order valence-corrected chi connectivity index (χ4v) is 3.97. The van der Waals surface area contributed by atoms with E-state index >= 15 is 0 Å². The van der Waals surface area contributed by atoms with Crippen LogP contribution in [-0.4, -0.2) is 20.9 Å². The van der Waals surface area contributed by atoms with Gasteiger partial charge in [-0.1, -0.05) is 30.3 Å². The van der Waals surface area contributed by atoms with Crippen LogP contribution >= 0.6 is 0 Å². The van der Waals surface area contributed by atoms with Crippen molar-refractivity contribution in [1.29, 1.82) is 0 Å². The summed E-state index contributed by atoms with van der Waals surface area (Å²) in [5.41, 5.74) is 4.10. The van der Waals surface area contributed by atoms with E-state index in [9.17, 15) is 14.4 Å². The van der Waals surface area contributed by atoms with Crippen molar-refractivity contribution < 1.29 is 14.0 Å². The van der Waals surface area contributed by atoms with Gasteiger partial charge in [-0.2, -0.15) is 0 Å².